The van der Waals surface area contributed by atoms with Gasteiger partial charge in [-0.1, -0.05) is 30.3 Å². The van der Waals surface area contributed by atoms with E-state index >= 15 is 0 Å². The fourth-order valence-corrected chi connectivity index (χ4v) is 1.99. The quantitative estimate of drug-likeness (QED) is 0.711. The molecule has 0 bridgehead atoms. The van der Waals surface area contributed by atoms with Gasteiger partial charge in [0.1, 0.15) is 0 Å². The molecule has 0 aliphatic carbocycles. The van der Waals surface area contributed by atoms with Gasteiger partial charge in [0, 0.05) is 32.7 Å². The Labute approximate surface area is 95.7 Å². The molecule has 0 aromatic heterocycles. The van der Waals surface area contributed by atoms with Crippen molar-refractivity contribution in [3.8, 4) is 0 Å². The second kappa shape index (κ2) is 5.41. The Morgan fingerprint density at radius 3 is 2.19 bits per heavy atom. The highest BCUT2D eigenvalue weighted by Crippen LogP contribution is 2.08. The Bertz CT molecular complexity index is 308. The van der Waals surface area contributed by atoms with Crippen LogP contribution < -0.4 is 0 Å². The molecule has 4 nitrogen and oxygen atoms in total. The van der Waals surface area contributed by atoms with Crippen LogP contribution in [0, 0.1) is 0 Å². The Morgan fingerprint density at radius 2 is 1.62 bits per heavy atom. The van der Waals surface area contributed by atoms with Crippen LogP contribution in [-0.2, 0) is 6.54 Å². The van der Waals surface area contributed by atoms with Crippen LogP contribution in [0.25, 0.3) is 0 Å². The molecule has 2 N–H and O–H groups in total. The molecule has 1 heterocycles. The number of rotatable bonds is 3. The minimum absolute atomic E-state index is 0.713. The first-order valence-electron chi connectivity index (χ1n) is 5.62. The normalized spacial score (nSPS) is 19.2. The van der Waals surface area contributed by atoms with Crippen LogP contribution in [0.4, 0.5) is 0 Å². The summed E-state index contributed by atoms with van der Waals surface area (Å²) in [5.41, 5.74) is 1.31. The fourth-order valence-electron chi connectivity index (χ4n) is 1.99. The van der Waals surface area contributed by atoms with Gasteiger partial charge >= 0.3 is 0 Å². The van der Waals surface area contributed by atoms with Crippen LogP contribution in [0.3, 0.4) is 0 Å². The number of benzene rings is 1. The first-order chi connectivity index (χ1) is 7.75. The van der Waals surface area contributed by atoms with Gasteiger partial charge in [0.25, 0.3) is 0 Å². The second-order valence-electron chi connectivity index (χ2n) is 4.14. The summed E-state index contributed by atoms with van der Waals surface area (Å²) in [6.45, 7) is 4.13. The van der Waals surface area contributed by atoms with E-state index in [0.717, 1.165) is 19.6 Å². The van der Waals surface area contributed by atoms with Gasteiger partial charge in [0.15, 0.2) is 0 Å². The summed E-state index contributed by atoms with van der Waals surface area (Å²) in [6, 6.07) is 10.3. The fraction of sp³-hybridized carbons (Fsp3) is 0.500. The molecule has 1 saturated heterocycles. The van der Waals surface area contributed by atoms with Crippen molar-refractivity contribution in [2.45, 2.75) is 13.0 Å². The summed E-state index contributed by atoms with van der Waals surface area (Å²) in [5, 5.41) is 18.0. The van der Waals surface area contributed by atoms with Gasteiger partial charge in [-0.3, -0.25) is 9.80 Å². The molecule has 0 atom stereocenters. The standard InChI is InChI=1S/C12H18N2O2/c15-12(16)14-8-6-13(7-9-14)10-11-4-2-1-3-5-11/h1-5,12,15-16H,6-10H2. The number of aliphatic hydroxyl groups excluding tert-OH is 1. The third-order valence-electron chi connectivity index (χ3n) is 2.98. The molecule has 1 fully saturated rings. The molecule has 1 aliphatic heterocycles. The highest BCUT2D eigenvalue weighted by atomic mass is 16.5. The predicted molar refractivity (Wildman–Crippen MR) is 61.5 cm³/mol. The molecule has 0 saturated carbocycles. The van der Waals surface area contributed by atoms with Crippen molar-refractivity contribution in [3.05, 3.63) is 35.9 Å². The van der Waals surface area contributed by atoms with E-state index in [0.29, 0.717) is 13.1 Å². The van der Waals surface area contributed by atoms with Crippen molar-refractivity contribution in [2.24, 2.45) is 0 Å². The average Bonchev–Trinajstić information content (AvgIpc) is 2.31. The van der Waals surface area contributed by atoms with Crippen molar-refractivity contribution in [1.82, 2.24) is 9.80 Å². The van der Waals surface area contributed by atoms with E-state index in [9.17, 15) is 0 Å². The van der Waals surface area contributed by atoms with Crippen molar-refractivity contribution in [3.63, 3.8) is 0 Å². The second-order valence-corrected chi connectivity index (χ2v) is 4.14. The van der Waals surface area contributed by atoms with E-state index in [2.05, 4.69) is 17.0 Å². The van der Waals surface area contributed by atoms with E-state index in [1.54, 1.807) is 4.90 Å². The maximum absolute atomic E-state index is 9.02. The van der Waals surface area contributed by atoms with Gasteiger partial charge in [-0.25, -0.2) is 0 Å². The highest BCUT2D eigenvalue weighted by molar-refractivity contribution is 5.14. The smallest absolute Gasteiger partial charge is 0.213 e. The maximum Gasteiger partial charge on any atom is 0.213 e. The molecule has 4 heteroatoms. The molecule has 1 aromatic rings. The lowest BCUT2D eigenvalue weighted by Crippen LogP contribution is -2.49. The van der Waals surface area contributed by atoms with Crippen molar-refractivity contribution in [2.75, 3.05) is 26.2 Å². The highest BCUT2D eigenvalue weighted by Gasteiger charge is 2.20. The zero-order valence-corrected chi connectivity index (χ0v) is 9.29. The van der Waals surface area contributed by atoms with Crippen LogP contribution in [0.5, 0.6) is 0 Å². The van der Waals surface area contributed by atoms with Crippen molar-refractivity contribution >= 4 is 0 Å². The van der Waals surface area contributed by atoms with Crippen LogP contribution >= 0.6 is 0 Å². The minimum Gasteiger partial charge on any atom is -0.356 e. The van der Waals surface area contributed by atoms with Gasteiger partial charge in [0.2, 0.25) is 6.41 Å². The molecular formula is C12H18N2O2. The van der Waals surface area contributed by atoms with E-state index in [4.69, 9.17) is 10.2 Å². The average molecular weight is 222 g/mol. The summed E-state index contributed by atoms with van der Waals surface area (Å²) in [7, 11) is 0. The summed E-state index contributed by atoms with van der Waals surface area (Å²) in [4.78, 5) is 4.00. The first-order valence-corrected chi connectivity index (χ1v) is 5.62. The summed E-state index contributed by atoms with van der Waals surface area (Å²) < 4.78 is 0. The SMILES string of the molecule is OC(O)N1CCN(Cc2ccccc2)CC1. The molecule has 88 valence electrons. The first kappa shape index (κ1) is 11.5. The topological polar surface area (TPSA) is 46.9 Å². The van der Waals surface area contributed by atoms with Gasteiger partial charge in [-0.05, 0) is 5.56 Å². The Kier molecular flexibility index (Phi) is 3.90. The number of nitrogens with zero attached hydrogens (tertiary/aromatic N) is 2. The molecule has 2 rings (SSSR count). The molecule has 1 aliphatic rings. The third-order valence-corrected chi connectivity index (χ3v) is 2.98. The Balaban J connectivity index is 1.82. The van der Waals surface area contributed by atoms with Gasteiger partial charge in [-0.2, -0.15) is 0 Å². The van der Waals surface area contributed by atoms with Gasteiger partial charge < -0.3 is 10.2 Å². The summed E-state index contributed by atoms with van der Waals surface area (Å²) in [5.74, 6) is 0. The summed E-state index contributed by atoms with van der Waals surface area (Å²) in [6.07, 6.45) is -1.31. The lowest BCUT2D eigenvalue weighted by Gasteiger charge is -2.35. The van der Waals surface area contributed by atoms with E-state index in [-0.39, 0.29) is 0 Å². The van der Waals surface area contributed by atoms with Gasteiger partial charge in [-0.15, -0.1) is 0 Å². The number of hydrogen-bond donors (Lipinski definition) is 2. The van der Waals surface area contributed by atoms with Crippen LogP contribution in [0.2, 0.25) is 0 Å². The van der Waals surface area contributed by atoms with E-state index in [1.807, 2.05) is 18.2 Å². The van der Waals surface area contributed by atoms with Crippen LogP contribution in [0.15, 0.2) is 30.3 Å². The molecular weight excluding hydrogens is 204 g/mol. The largest absolute Gasteiger partial charge is 0.356 e. The predicted octanol–water partition coefficient (Wildman–Crippen LogP) is 0.0724. The molecule has 0 spiro atoms. The number of aliphatic hydroxyl groups is 2. The lowest BCUT2D eigenvalue weighted by molar-refractivity contribution is -0.165. The monoisotopic (exact) mass is 222 g/mol. The number of piperazine rings is 1. The van der Waals surface area contributed by atoms with Crippen LogP contribution in [0.1, 0.15) is 5.56 Å². The molecule has 1 aromatic carbocycles. The molecule has 0 unspecified atom stereocenters. The molecule has 0 amide bonds. The Morgan fingerprint density at radius 1 is 1.00 bits per heavy atom. The maximum atomic E-state index is 9.02. The van der Waals surface area contributed by atoms with E-state index < -0.39 is 6.41 Å². The third kappa shape index (κ3) is 3.02. The lowest BCUT2D eigenvalue weighted by atomic mass is 10.2. The number of hydrogen-bond acceptors (Lipinski definition) is 4. The van der Waals surface area contributed by atoms with Crippen molar-refractivity contribution < 1.29 is 10.2 Å². The summed E-state index contributed by atoms with van der Waals surface area (Å²) >= 11 is 0. The molecule has 0 radical (unpaired) electrons. The zero-order valence-electron chi connectivity index (χ0n) is 9.29. The van der Waals surface area contributed by atoms with Gasteiger partial charge in [0.05, 0.1) is 0 Å². The Hall–Kier alpha value is -0.940. The zero-order chi connectivity index (χ0) is 11.4. The molecule has 16 heavy (non-hydrogen) atoms. The van der Waals surface area contributed by atoms with E-state index in [1.165, 1.54) is 5.56 Å². The minimum atomic E-state index is -1.31. The van der Waals surface area contributed by atoms with Crippen LogP contribution in [-0.4, -0.2) is 52.6 Å². The van der Waals surface area contributed by atoms with Crippen molar-refractivity contribution in [1.29, 1.82) is 0 Å².